The fraction of sp³-hybridized carbons (Fsp3) is 0.316. The summed E-state index contributed by atoms with van der Waals surface area (Å²) < 4.78 is 4.84. The maximum atomic E-state index is 12.7. The average molecular weight is 394 g/mol. The third-order valence-electron chi connectivity index (χ3n) is 4.38. The van der Waals surface area contributed by atoms with E-state index in [1.54, 1.807) is 25.1 Å². The number of carbonyl (C=O) groups excluding carboxylic acids is 3. The van der Waals surface area contributed by atoms with Crippen LogP contribution in [0.15, 0.2) is 34.4 Å². The second-order valence-corrected chi connectivity index (χ2v) is 6.84. The van der Waals surface area contributed by atoms with Crippen molar-refractivity contribution in [1.82, 2.24) is 0 Å². The quantitative estimate of drug-likeness (QED) is 0.436. The summed E-state index contributed by atoms with van der Waals surface area (Å²) in [5.41, 5.74) is 2.04. The van der Waals surface area contributed by atoms with Crippen LogP contribution in [0.4, 0.5) is 5.69 Å². The average Bonchev–Trinajstić information content (AvgIpc) is 2.88. The van der Waals surface area contributed by atoms with Gasteiger partial charge in [0.2, 0.25) is 0 Å². The molecule has 2 amide bonds. The van der Waals surface area contributed by atoms with Crippen LogP contribution in [-0.4, -0.2) is 24.4 Å². The molecule has 0 saturated heterocycles. The molecule has 1 aliphatic carbocycles. The van der Waals surface area contributed by atoms with Gasteiger partial charge in [-0.15, -0.1) is 0 Å². The summed E-state index contributed by atoms with van der Waals surface area (Å²) in [5, 5.41) is 0.204. The molecule has 0 spiro atoms. The van der Waals surface area contributed by atoms with E-state index in [4.69, 9.17) is 27.9 Å². The molecule has 1 aromatic carbocycles. The Balaban J connectivity index is 1.94. The van der Waals surface area contributed by atoms with Crippen LogP contribution in [0.3, 0.4) is 0 Å². The molecule has 2 aliphatic rings. The highest BCUT2D eigenvalue weighted by atomic mass is 35.5. The number of hydrogen-bond donors (Lipinski definition) is 0. The molecule has 0 aromatic heterocycles. The highest BCUT2D eigenvalue weighted by molar-refractivity contribution is 6.43. The molecule has 7 heteroatoms. The lowest BCUT2D eigenvalue weighted by Crippen LogP contribution is -2.31. The molecule has 26 heavy (non-hydrogen) atoms. The van der Waals surface area contributed by atoms with Gasteiger partial charge in [-0.3, -0.25) is 9.59 Å². The number of imide groups is 1. The lowest BCUT2D eigenvalue weighted by molar-refractivity contribution is -0.137. The number of halogens is 2. The first kappa shape index (κ1) is 18.7. The molecule has 0 fully saturated rings. The van der Waals surface area contributed by atoms with Crippen LogP contribution in [0.2, 0.25) is 5.02 Å². The van der Waals surface area contributed by atoms with Crippen LogP contribution in [0.25, 0.3) is 6.08 Å². The molecule has 1 aliphatic heterocycles. The van der Waals surface area contributed by atoms with E-state index in [-0.39, 0.29) is 23.5 Å². The SMILES string of the molecule is CCOC(=O)/C(Cl)=C/c1cc(N2C(=O)C3=C(CCCC3)C2=O)ccc1Cl. The Hall–Kier alpha value is -2.11. The number of amides is 2. The molecule has 0 bridgehead atoms. The van der Waals surface area contributed by atoms with Gasteiger partial charge in [0, 0.05) is 16.2 Å². The fourth-order valence-electron chi connectivity index (χ4n) is 3.15. The smallest absolute Gasteiger partial charge is 0.349 e. The van der Waals surface area contributed by atoms with Crippen molar-refractivity contribution < 1.29 is 19.1 Å². The normalized spacial score (nSPS) is 17.7. The van der Waals surface area contributed by atoms with Crippen LogP contribution in [0, 0.1) is 0 Å². The predicted molar refractivity (Wildman–Crippen MR) is 99.9 cm³/mol. The number of nitrogens with zero attached hydrogens (tertiary/aromatic N) is 1. The van der Waals surface area contributed by atoms with Crippen molar-refractivity contribution in [3.63, 3.8) is 0 Å². The standard InChI is InChI=1S/C19H17Cl2NO4/c1-2-26-19(25)16(21)10-11-9-12(7-8-15(11)20)22-17(23)13-5-3-4-6-14(13)18(22)24/h7-10H,2-6H2,1H3/b16-10-. The van der Waals surface area contributed by atoms with Crippen molar-refractivity contribution in [3.8, 4) is 0 Å². The third-order valence-corrected chi connectivity index (χ3v) is 4.99. The molecule has 0 atom stereocenters. The number of hydrogen-bond acceptors (Lipinski definition) is 4. The van der Waals surface area contributed by atoms with Crippen LogP contribution in [0.5, 0.6) is 0 Å². The van der Waals surface area contributed by atoms with Gasteiger partial charge in [-0.2, -0.15) is 0 Å². The van der Waals surface area contributed by atoms with E-state index < -0.39 is 5.97 Å². The van der Waals surface area contributed by atoms with E-state index >= 15 is 0 Å². The van der Waals surface area contributed by atoms with E-state index in [1.165, 1.54) is 11.0 Å². The number of anilines is 1. The van der Waals surface area contributed by atoms with E-state index in [9.17, 15) is 14.4 Å². The van der Waals surface area contributed by atoms with Gasteiger partial charge in [0.15, 0.2) is 0 Å². The van der Waals surface area contributed by atoms with Crippen LogP contribution >= 0.6 is 23.2 Å². The van der Waals surface area contributed by atoms with Gasteiger partial charge in [-0.1, -0.05) is 23.2 Å². The van der Waals surface area contributed by atoms with E-state index in [1.807, 2.05) is 0 Å². The molecule has 5 nitrogen and oxygen atoms in total. The second kappa shape index (κ2) is 7.64. The molecule has 0 unspecified atom stereocenters. The minimum atomic E-state index is -0.666. The summed E-state index contributed by atoms with van der Waals surface area (Å²) in [4.78, 5) is 38.2. The summed E-state index contributed by atoms with van der Waals surface area (Å²) in [6, 6.07) is 4.74. The fourth-order valence-corrected chi connectivity index (χ4v) is 3.49. The van der Waals surface area contributed by atoms with Gasteiger partial charge in [-0.05, 0) is 62.4 Å². The first-order valence-corrected chi connectivity index (χ1v) is 9.14. The molecule has 136 valence electrons. The monoisotopic (exact) mass is 393 g/mol. The lowest BCUT2D eigenvalue weighted by atomic mass is 9.93. The first-order valence-electron chi connectivity index (χ1n) is 8.38. The van der Waals surface area contributed by atoms with Gasteiger partial charge < -0.3 is 4.74 Å². The Morgan fingerprint density at radius 1 is 1.19 bits per heavy atom. The molecular weight excluding hydrogens is 377 g/mol. The zero-order valence-electron chi connectivity index (χ0n) is 14.2. The molecule has 3 rings (SSSR count). The Bertz CT molecular complexity index is 829. The van der Waals surface area contributed by atoms with Crippen molar-refractivity contribution in [2.45, 2.75) is 32.6 Å². The van der Waals surface area contributed by atoms with E-state index in [0.717, 1.165) is 12.8 Å². The number of benzene rings is 1. The topological polar surface area (TPSA) is 63.7 Å². The van der Waals surface area contributed by atoms with Gasteiger partial charge in [-0.25, -0.2) is 9.69 Å². The van der Waals surface area contributed by atoms with Crippen molar-refractivity contribution in [1.29, 1.82) is 0 Å². The number of rotatable bonds is 4. The number of carbonyl (C=O) groups is 3. The number of ether oxygens (including phenoxy) is 1. The Kier molecular flexibility index (Phi) is 5.49. The Morgan fingerprint density at radius 3 is 2.38 bits per heavy atom. The van der Waals surface area contributed by atoms with Crippen molar-refractivity contribution in [3.05, 3.63) is 45.0 Å². The van der Waals surface area contributed by atoms with Crippen molar-refractivity contribution in [2.24, 2.45) is 0 Å². The summed E-state index contributed by atoms with van der Waals surface area (Å²) in [6.07, 6.45) is 4.45. The third kappa shape index (κ3) is 3.41. The van der Waals surface area contributed by atoms with Gasteiger partial charge in [0.05, 0.1) is 12.3 Å². The zero-order chi connectivity index (χ0) is 18.8. The predicted octanol–water partition coefficient (Wildman–Crippen LogP) is 4.23. The summed E-state index contributed by atoms with van der Waals surface area (Å²) in [7, 11) is 0. The summed E-state index contributed by atoms with van der Waals surface area (Å²) >= 11 is 12.1. The minimum absolute atomic E-state index is 0.137. The minimum Gasteiger partial charge on any atom is -0.462 e. The maximum Gasteiger partial charge on any atom is 0.349 e. The number of esters is 1. The van der Waals surface area contributed by atoms with Gasteiger partial charge >= 0.3 is 5.97 Å². The van der Waals surface area contributed by atoms with Crippen molar-refractivity contribution >= 4 is 52.7 Å². The van der Waals surface area contributed by atoms with Crippen LogP contribution in [-0.2, 0) is 19.1 Å². The molecule has 1 aromatic rings. The Morgan fingerprint density at radius 2 is 1.81 bits per heavy atom. The molecule has 0 N–H and O–H groups in total. The largest absolute Gasteiger partial charge is 0.462 e. The summed E-state index contributed by atoms with van der Waals surface area (Å²) in [6.45, 7) is 1.87. The van der Waals surface area contributed by atoms with Crippen LogP contribution in [0.1, 0.15) is 38.2 Å². The molecule has 1 heterocycles. The van der Waals surface area contributed by atoms with E-state index in [0.29, 0.717) is 40.3 Å². The molecular formula is C19H17Cl2NO4. The second-order valence-electron chi connectivity index (χ2n) is 6.03. The van der Waals surface area contributed by atoms with Gasteiger partial charge in [0.25, 0.3) is 11.8 Å². The maximum absolute atomic E-state index is 12.7. The Labute approximate surface area is 161 Å². The van der Waals surface area contributed by atoms with Crippen molar-refractivity contribution in [2.75, 3.05) is 11.5 Å². The molecule has 0 radical (unpaired) electrons. The van der Waals surface area contributed by atoms with E-state index in [2.05, 4.69) is 0 Å². The highest BCUT2D eigenvalue weighted by Gasteiger charge is 2.39. The lowest BCUT2D eigenvalue weighted by Gasteiger charge is -2.16. The van der Waals surface area contributed by atoms with Crippen LogP contribution < -0.4 is 4.90 Å². The highest BCUT2D eigenvalue weighted by Crippen LogP contribution is 2.36. The molecule has 0 saturated carbocycles. The zero-order valence-corrected chi connectivity index (χ0v) is 15.7. The first-order chi connectivity index (χ1) is 12.4. The summed E-state index contributed by atoms with van der Waals surface area (Å²) in [5.74, 6) is -1.22. The van der Waals surface area contributed by atoms with Gasteiger partial charge in [0.1, 0.15) is 5.03 Å².